The number of benzene rings is 1. The lowest BCUT2D eigenvalue weighted by Gasteiger charge is -2.15. The molecule has 0 N–H and O–H groups in total. The molecule has 0 saturated heterocycles. The van der Waals surface area contributed by atoms with E-state index < -0.39 is 0 Å². The van der Waals surface area contributed by atoms with Crippen LogP contribution in [0.2, 0.25) is 0 Å². The molecule has 112 valence electrons. The Bertz CT molecular complexity index is 871. The largest absolute Gasteiger partial charge is 0.492 e. The molecule has 22 heavy (non-hydrogen) atoms. The third-order valence-corrected chi connectivity index (χ3v) is 3.46. The van der Waals surface area contributed by atoms with E-state index in [1.807, 2.05) is 38.1 Å². The molecule has 0 atom stereocenters. The molecule has 5 heteroatoms. The van der Waals surface area contributed by atoms with E-state index in [4.69, 9.17) is 4.74 Å². The van der Waals surface area contributed by atoms with Gasteiger partial charge in [-0.1, -0.05) is 19.1 Å². The zero-order valence-electron chi connectivity index (χ0n) is 12.6. The van der Waals surface area contributed by atoms with Gasteiger partial charge < -0.3 is 4.74 Å². The number of nitrogens with zero attached hydrogens (tertiary/aromatic N) is 3. The van der Waals surface area contributed by atoms with E-state index in [2.05, 4.69) is 9.97 Å². The lowest BCUT2D eigenvalue weighted by Crippen LogP contribution is -2.24. The minimum Gasteiger partial charge on any atom is -0.492 e. The van der Waals surface area contributed by atoms with E-state index in [0.717, 1.165) is 0 Å². The standard InChI is InChI=1S/C17H17N3O2/c1-3-16-19-13-9-10-18-11-12(13)17(21)20(16)14-7-5-6-8-15(14)22-4-2/h5-11H,3-4H2,1-2H3. The van der Waals surface area contributed by atoms with Crippen molar-refractivity contribution in [3.8, 4) is 11.4 Å². The first-order chi connectivity index (χ1) is 10.8. The van der Waals surface area contributed by atoms with Crippen molar-refractivity contribution in [2.45, 2.75) is 20.3 Å². The normalized spacial score (nSPS) is 10.8. The predicted molar refractivity (Wildman–Crippen MR) is 85.7 cm³/mol. The van der Waals surface area contributed by atoms with Crippen LogP contribution in [-0.2, 0) is 6.42 Å². The van der Waals surface area contributed by atoms with Crippen LogP contribution in [-0.4, -0.2) is 21.1 Å². The summed E-state index contributed by atoms with van der Waals surface area (Å²) in [6.07, 6.45) is 3.85. The van der Waals surface area contributed by atoms with E-state index in [9.17, 15) is 4.79 Å². The molecule has 2 heterocycles. The van der Waals surface area contributed by atoms with Gasteiger partial charge in [-0.3, -0.25) is 14.3 Å². The van der Waals surface area contributed by atoms with Crippen molar-refractivity contribution in [2.75, 3.05) is 6.61 Å². The van der Waals surface area contributed by atoms with Gasteiger partial charge in [0.1, 0.15) is 11.6 Å². The van der Waals surface area contributed by atoms with Crippen LogP contribution in [0.15, 0.2) is 47.5 Å². The minimum atomic E-state index is -0.123. The van der Waals surface area contributed by atoms with Gasteiger partial charge in [-0.05, 0) is 25.1 Å². The summed E-state index contributed by atoms with van der Waals surface area (Å²) in [6.45, 7) is 4.44. The molecular weight excluding hydrogens is 278 g/mol. The van der Waals surface area contributed by atoms with Crippen LogP contribution in [0.3, 0.4) is 0 Å². The highest BCUT2D eigenvalue weighted by atomic mass is 16.5. The molecule has 0 fully saturated rings. The van der Waals surface area contributed by atoms with Crippen LogP contribution in [0.5, 0.6) is 5.75 Å². The molecule has 2 aromatic heterocycles. The number of hydrogen-bond donors (Lipinski definition) is 0. The quantitative estimate of drug-likeness (QED) is 0.742. The Kier molecular flexibility index (Phi) is 3.87. The lowest BCUT2D eigenvalue weighted by atomic mass is 10.2. The van der Waals surface area contributed by atoms with Gasteiger partial charge in [-0.2, -0.15) is 0 Å². The molecule has 0 bridgehead atoms. The molecule has 0 radical (unpaired) electrons. The number of pyridine rings is 1. The van der Waals surface area contributed by atoms with E-state index in [1.54, 1.807) is 23.0 Å². The fraction of sp³-hybridized carbons (Fsp3) is 0.235. The molecule has 0 unspecified atom stereocenters. The molecule has 0 aliphatic rings. The summed E-state index contributed by atoms with van der Waals surface area (Å²) in [5.41, 5.74) is 1.26. The number of ether oxygens (including phenoxy) is 1. The lowest BCUT2D eigenvalue weighted by molar-refractivity contribution is 0.338. The molecule has 0 spiro atoms. The first-order valence-electron chi connectivity index (χ1n) is 7.34. The number of para-hydroxylation sites is 2. The van der Waals surface area contributed by atoms with Crippen molar-refractivity contribution in [1.29, 1.82) is 0 Å². The van der Waals surface area contributed by atoms with Crippen LogP contribution >= 0.6 is 0 Å². The van der Waals surface area contributed by atoms with Gasteiger partial charge in [-0.15, -0.1) is 0 Å². The summed E-state index contributed by atoms with van der Waals surface area (Å²) in [5.74, 6) is 1.38. The van der Waals surface area contributed by atoms with Gasteiger partial charge in [0.25, 0.3) is 5.56 Å². The topological polar surface area (TPSA) is 57.0 Å². The summed E-state index contributed by atoms with van der Waals surface area (Å²) in [5, 5.41) is 0.506. The molecule has 3 rings (SSSR count). The van der Waals surface area contributed by atoms with Gasteiger partial charge in [0.2, 0.25) is 0 Å². The Morgan fingerprint density at radius 2 is 2.00 bits per heavy atom. The third-order valence-electron chi connectivity index (χ3n) is 3.46. The molecule has 0 aliphatic heterocycles. The minimum absolute atomic E-state index is 0.123. The second-order valence-corrected chi connectivity index (χ2v) is 4.82. The summed E-state index contributed by atoms with van der Waals surface area (Å²) in [6, 6.07) is 9.26. The Hall–Kier alpha value is -2.69. The van der Waals surface area contributed by atoms with Crippen molar-refractivity contribution < 1.29 is 4.74 Å². The fourth-order valence-electron chi connectivity index (χ4n) is 2.48. The first kappa shape index (κ1) is 14.3. The molecule has 0 aliphatic carbocycles. The van der Waals surface area contributed by atoms with Crippen molar-refractivity contribution in [2.24, 2.45) is 0 Å². The van der Waals surface area contributed by atoms with Crippen molar-refractivity contribution >= 4 is 10.9 Å². The summed E-state index contributed by atoms with van der Waals surface area (Å²) >= 11 is 0. The summed E-state index contributed by atoms with van der Waals surface area (Å²) in [4.78, 5) is 21.5. The number of aromatic nitrogens is 3. The molecule has 5 nitrogen and oxygen atoms in total. The monoisotopic (exact) mass is 295 g/mol. The number of rotatable bonds is 4. The Morgan fingerprint density at radius 1 is 1.18 bits per heavy atom. The van der Waals surface area contributed by atoms with Crippen LogP contribution in [0.25, 0.3) is 16.6 Å². The Labute approximate surface area is 128 Å². The average molecular weight is 295 g/mol. The number of hydrogen-bond acceptors (Lipinski definition) is 4. The number of fused-ring (bicyclic) bond motifs is 1. The smallest absolute Gasteiger partial charge is 0.267 e. The molecule has 3 aromatic rings. The highest BCUT2D eigenvalue weighted by Crippen LogP contribution is 2.23. The summed E-state index contributed by atoms with van der Waals surface area (Å²) in [7, 11) is 0. The van der Waals surface area contributed by atoms with E-state index in [0.29, 0.717) is 41.2 Å². The van der Waals surface area contributed by atoms with E-state index in [1.165, 1.54) is 0 Å². The number of aryl methyl sites for hydroxylation is 1. The highest BCUT2D eigenvalue weighted by Gasteiger charge is 2.14. The molecule has 1 aromatic carbocycles. The maximum Gasteiger partial charge on any atom is 0.267 e. The second-order valence-electron chi connectivity index (χ2n) is 4.82. The van der Waals surface area contributed by atoms with E-state index >= 15 is 0 Å². The average Bonchev–Trinajstić information content (AvgIpc) is 2.56. The van der Waals surface area contributed by atoms with Gasteiger partial charge in [0, 0.05) is 18.8 Å². The Morgan fingerprint density at radius 3 is 2.77 bits per heavy atom. The molecule has 0 amide bonds. The van der Waals surface area contributed by atoms with Gasteiger partial charge >= 0.3 is 0 Å². The van der Waals surface area contributed by atoms with Crippen LogP contribution in [0.1, 0.15) is 19.7 Å². The second kappa shape index (κ2) is 5.97. The van der Waals surface area contributed by atoms with Crippen LogP contribution in [0.4, 0.5) is 0 Å². The maximum absolute atomic E-state index is 12.9. The zero-order chi connectivity index (χ0) is 15.5. The van der Waals surface area contributed by atoms with Crippen molar-refractivity contribution in [3.05, 3.63) is 58.9 Å². The van der Waals surface area contributed by atoms with Gasteiger partial charge in [0.05, 0.1) is 23.2 Å². The maximum atomic E-state index is 12.9. The zero-order valence-corrected chi connectivity index (χ0v) is 12.6. The van der Waals surface area contributed by atoms with Gasteiger partial charge in [0.15, 0.2) is 0 Å². The molecule has 0 saturated carbocycles. The van der Waals surface area contributed by atoms with Crippen molar-refractivity contribution in [3.63, 3.8) is 0 Å². The third kappa shape index (κ3) is 2.35. The van der Waals surface area contributed by atoms with Gasteiger partial charge in [-0.25, -0.2) is 4.98 Å². The molecular formula is C17H17N3O2. The predicted octanol–water partition coefficient (Wildman–Crippen LogP) is 2.74. The SMILES string of the molecule is CCOc1ccccc1-n1c(CC)nc2ccncc2c1=O. The van der Waals surface area contributed by atoms with E-state index in [-0.39, 0.29) is 5.56 Å². The summed E-state index contributed by atoms with van der Waals surface area (Å²) < 4.78 is 7.27. The van der Waals surface area contributed by atoms with Crippen LogP contribution < -0.4 is 10.3 Å². The van der Waals surface area contributed by atoms with Crippen molar-refractivity contribution in [1.82, 2.24) is 14.5 Å². The highest BCUT2D eigenvalue weighted by molar-refractivity contribution is 5.76. The van der Waals surface area contributed by atoms with Crippen LogP contribution in [0, 0.1) is 0 Å². The first-order valence-corrected chi connectivity index (χ1v) is 7.34. The fourth-order valence-corrected chi connectivity index (χ4v) is 2.48. The Balaban J connectivity index is 2.35.